The van der Waals surface area contributed by atoms with E-state index in [9.17, 15) is 13.2 Å². The van der Waals surface area contributed by atoms with Gasteiger partial charge in [0.1, 0.15) is 0 Å². The quantitative estimate of drug-likeness (QED) is 0.485. The Hall–Kier alpha value is -2.45. The zero-order chi connectivity index (χ0) is 23.4. The second-order valence-electron chi connectivity index (χ2n) is 8.36. The lowest BCUT2D eigenvalue weighted by Gasteiger charge is -2.34. The zero-order valence-electron chi connectivity index (χ0n) is 19.7. The Morgan fingerprint density at radius 1 is 0.853 bits per heavy atom. The van der Waals surface area contributed by atoms with Gasteiger partial charge in [0, 0.05) is 38.3 Å². The topological polar surface area (TPSA) is 60.9 Å². The van der Waals surface area contributed by atoms with Gasteiger partial charge < -0.3 is 4.90 Å². The van der Waals surface area contributed by atoms with Gasteiger partial charge in [-0.15, -0.1) is 12.4 Å². The molecule has 1 aliphatic rings. The predicted octanol–water partition coefficient (Wildman–Crippen LogP) is 4.25. The van der Waals surface area contributed by atoms with Gasteiger partial charge in [-0.2, -0.15) is 4.31 Å². The third-order valence-corrected chi connectivity index (χ3v) is 8.28. The molecule has 1 aliphatic heterocycles. The van der Waals surface area contributed by atoms with Crippen LogP contribution in [-0.2, 0) is 16.6 Å². The van der Waals surface area contributed by atoms with Crippen molar-refractivity contribution in [3.05, 3.63) is 77.9 Å². The van der Waals surface area contributed by atoms with Gasteiger partial charge in [-0.25, -0.2) is 8.42 Å². The normalized spacial score (nSPS) is 14.9. The molecule has 0 radical (unpaired) electrons. The molecule has 6 nitrogen and oxygen atoms in total. The maximum atomic E-state index is 13.2. The second-order valence-corrected chi connectivity index (χ2v) is 10.3. The molecule has 0 aromatic heterocycles. The highest BCUT2D eigenvalue weighted by Crippen LogP contribution is 2.23. The number of fused-ring (bicyclic) bond motifs is 1. The Morgan fingerprint density at radius 3 is 2.09 bits per heavy atom. The number of rotatable bonds is 7. The van der Waals surface area contributed by atoms with Gasteiger partial charge in [-0.05, 0) is 53.7 Å². The lowest BCUT2D eigenvalue weighted by atomic mass is 10.1. The van der Waals surface area contributed by atoms with Crippen molar-refractivity contribution in [3.63, 3.8) is 0 Å². The predicted molar refractivity (Wildman–Crippen MR) is 139 cm³/mol. The van der Waals surface area contributed by atoms with Crippen molar-refractivity contribution in [2.75, 3.05) is 39.3 Å². The van der Waals surface area contributed by atoms with Crippen LogP contribution in [0.25, 0.3) is 10.8 Å². The van der Waals surface area contributed by atoms with E-state index in [-0.39, 0.29) is 18.3 Å². The van der Waals surface area contributed by atoms with Crippen LogP contribution in [0.5, 0.6) is 0 Å². The first-order valence-corrected chi connectivity index (χ1v) is 13.0. The van der Waals surface area contributed by atoms with Crippen LogP contribution < -0.4 is 0 Å². The van der Waals surface area contributed by atoms with E-state index in [0.717, 1.165) is 30.4 Å². The van der Waals surface area contributed by atoms with Crippen LogP contribution in [-0.4, -0.2) is 67.7 Å². The molecule has 1 fully saturated rings. The third kappa shape index (κ3) is 5.61. The average Bonchev–Trinajstić information content (AvgIpc) is 2.87. The summed E-state index contributed by atoms with van der Waals surface area (Å²) in [7, 11) is -3.60. The highest BCUT2D eigenvalue weighted by molar-refractivity contribution is 7.89. The Labute approximate surface area is 208 Å². The van der Waals surface area contributed by atoms with Gasteiger partial charge >= 0.3 is 0 Å². The molecule has 34 heavy (non-hydrogen) atoms. The lowest BCUT2D eigenvalue weighted by Crippen LogP contribution is -2.50. The number of nitrogens with zero attached hydrogens (tertiary/aromatic N) is 3. The zero-order valence-corrected chi connectivity index (χ0v) is 21.3. The molecule has 3 aromatic carbocycles. The van der Waals surface area contributed by atoms with E-state index < -0.39 is 10.0 Å². The minimum absolute atomic E-state index is 0. The smallest absolute Gasteiger partial charge is 0.253 e. The summed E-state index contributed by atoms with van der Waals surface area (Å²) in [5.41, 5.74) is 1.82. The summed E-state index contributed by atoms with van der Waals surface area (Å²) < 4.78 is 27.8. The summed E-state index contributed by atoms with van der Waals surface area (Å²) in [6.07, 6.45) is 0. The van der Waals surface area contributed by atoms with Gasteiger partial charge in [0.2, 0.25) is 10.0 Å². The first kappa shape index (κ1) is 26.2. The number of halogens is 1. The minimum atomic E-state index is -3.60. The molecule has 0 bridgehead atoms. The van der Waals surface area contributed by atoms with Gasteiger partial charge in [0.05, 0.1) is 4.90 Å². The number of benzene rings is 3. The summed E-state index contributed by atoms with van der Waals surface area (Å²) in [5.74, 6) is -0.0489. The van der Waals surface area contributed by atoms with Crippen LogP contribution in [0.2, 0.25) is 0 Å². The van der Waals surface area contributed by atoms with Gasteiger partial charge in [0.25, 0.3) is 5.91 Å². The fourth-order valence-electron chi connectivity index (χ4n) is 4.25. The van der Waals surface area contributed by atoms with Crippen LogP contribution in [0.15, 0.2) is 71.6 Å². The van der Waals surface area contributed by atoms with E-state index in [2.05, 4.69) is 18.7 Å². The first-order valence-electron chi connectivity index (χ1n) is 11.5. The van der Waals surface area contributed by atoms with E-state index in [1.54, 1.807) is 17.0 Å². The number of sulfonamides is 1. The summed E-state index contributed by atoms with van der Waals surface area (Å²) in [6.45, 7) is 8.48. The summed E-state index contributed by atoms with van der Waals surface area (Å²) in [4.78, 5) is 17.3. The van der Waals surface area contributed by atoms with Crippen LogP contribution in [0.3, 0.4) is 0 Å². The molecule has 1 amide bonds. The number of piperazine rings is 1. The van der Waals surface area contributed by atoms with Crippen LogP contribution in [0.4, 0.5) is 0 Å². The Balaban J connectivity index is 0.00000324. The van der Waals surface area contributed by atoms with Crippen LogP contribution in [0.1, 0.15) is 29.8 Å². The maximum absolute atomic E-state index is 13.2. The molecule has 3 aromatic rings. The van der Waals surface area contributed by atoms with Crippen molar-refractivity contribution >= 4 is 39.1 Å². The molecule has 0 spiro atoms. The maximum Gasteiger partial charge on any atom is 0.253 e. The van der Waals surface area contributed by atoms with E-state index in [1.165, 1.54) is 9.87 Å². The molecule has 0 aliphatic carbocycles. The Morgan fingerprint density at radius 2 is 1.47 bits per heavy atom. The largest absolute Gasteiger partial charge is 0.336 e. The first-order chi connectivity index (χ1) is 15.9. The third-order valence-electron chi connectivity index (χ3n) is 6.39. The number of carbonyl (C=O) groups excluding carboxylic acids is 1. The highest BCUT2D eigenvalue weighted by atomic mass is 35.5. The minimum Gasteiger partial charge on any atom is -0.336 e. The SMILES string of the molecule is CCN(CC)Cc1ccc(C(=O)N2CCN(S(=O)(=O)c3ccc4ccccc4c3)CC2)cc1.Cl. The molecular weight excluding hydrogens is 470 g/mol. The van der Waals surface area contributed by atoms with Gasteiger partial charge in [-0.3, -0.25) is 9.69 Å². The second kappa shape index (κ2) is 11.3. The Bertz CT molecular complexity index is 1220. The number of hydrogen-bond donors (Lipinski definition) is 0. The van der Waals surface area contributed by atoms with Crippen molar-refractivity contribution in [2.24, 2.45) is 0 Å². The average molecular weight is 502 g/mol. The van der Waals surface area contributed by atoms with E-state index >= 15 is 0 Å². The van der Waals surface area contributed by atoms with E-state index in [1.807, 2.05) is 54.6 Å². The highest BCUT2D eigenvalue weighted by Gasteiger charge is 2.30. The molecular formula is C26H32ClN3O3S. The number of hydrogen-bond acceptors (Lipinski definition) is 4. The summed E-state index contributed by atoms with van der Waals surface area (Å²) in [5, 5.41) is 1.91. The van der Waals surface area contributed by atoms with E-state index in [0.29, 0.717) is 36.6 Å². The standard InChI is InChI=1S/C26H31N3O3S.ClH/c1-3-27(4-2)20-21-9-11-23(12-10-21)26(30)28-15-17-29(18-16-28)33(31,32)25-14-13-22-7-5-6-8-24(22)19-25;/h5-14,19H,3-4,15-18,20H2,1-2H3;1H. The monoisotopic (exact) mass is 501 g/mol. The summed E-state index contributed by atoms with van der Waals surface area (Å²) in [6, 6.07) is 20.7. The van der Waals surface area contributed by atoms with Crippen molar-refractivity contribution in [2.45, 2.75) is 25.3 Å². The van der Waals surface area contributed by atoms with Crippen molar-refractivity contribution in [1.29, 1.82) is 0 Å². The molecule has 4 rings (SSSR count). The van der Waals surface area contributed by atoms with Gasteiger partial charge in [0.15, 0.2) is 0 Å². The summed E-state index contributed by atoms with van der Waals surface area (Å²) >= 11 is 0. The molecule has 0 N–H and O–H groups in total. The molecule has 0 saturated carbocycles. The Kier molecular flexibility index (Phi) is 8.71. The van der Waals surface area contributed by atoms with E-state index in [4.69, 9.17) is 0 Å². The van der Waals surface area contributed by atoms with Crippen LogP contribution >= 0.6 is 12.4 Å². The molecule has 0 atom stereocenters. The fraction of sp³-hybridized carbons (Fsp3) is 0.346. The molecule has 0 unspecified atom stereocenters. The molecule has 8 heteroatoms. The number of amides is 1. The van der Waals surface area contributed by atoms with Crippen LogP contribution in [0, 0.1) is 0 Å². The van der Waals surface area contributed by atoms with Crippen molar-refractivity contribution < 1.29 is 13.2 Å². The molecule has 1 heterocycles. The number of carbonyl (C=O) groups is 1. The fourth-order valence-corrected chi connectivity index (χ4v) is 5.71. The molecule has 1 saturated heterocycles. The van der Waals surface area contributed by atoms with Crippen molar-refractivity contribution in [1.82, 2.24) is 14.1 Å². The van der Waals surface area contributed by atoms with Gasteiger partial charge in [-0.1, -0.05) is 56.3 Å². The van der Waals surface area contributed by atoms with Crippen molar-refractivity contribution in [3.8, 4) is 0 Å². The lowest BCUT2D eigenvalue weighted by molar-refractivity contribution is 0.0698. The molecule has 182 valence electrons.